The van der Waals surface area contributed by atoms with Gasteiger partial charge in [-0.1, -0.05) is 18.2 Å². The van der Waals surface area contributed by atoms with Crippen LogP contribution < -0.4 is 5.32 Å². The van der Waals surface area contributed by atoms with Gasteiger partial charge in [0.1, 0.15) is 6.29 Å². The molecule has 0 atom stereocenters. The molecule has 2 heteroatoms. The number of rotatable bonds is 3. The van der Waals surface area contributed by atoms with Crippen LogP contribution in [0.25, 0.3) is 0 Å². The van der Waals surface area contributed by atoms with E-state index < -0.39 is 0 Å². The fourth-order valence-electron chi connectivity index (χ4n) is 0.766. The van der Waals surface area contributed by atoms with E-state index in [2.05, 4.69) is 5.32 Å². The van der Waals surface area contributed by atoms with Gasteiger partial charge in [0, 0.05) is 17.5 Å². The van der Waals surface area contributed by atoms with E-state index in [0.29, 0.717) is 5.57 Å². The highest BCUT2D eigenvalue weighted by atomic mass is 16.1. The van der Waals surface area contributed by atoms with Gasteiger partial charge in [-0.15, -0.1) is 0 Å². The summed E-state index contributed by atoms with van der Waals surface area (Å²) < 4.78 is 0. The zero-order chi connectivity index (χ0) is 8.81. The molecule has 0 amide bonds. The first-order valence-corrected chi connectivity index (χ1v) is 3.76. The van der Waals surface area contributed by atoms with Gasteiger partial charge >= 0.3 is 0 Å². The van der Waals surface area contributed by atoms with Crippen molar-refractivity contribution in [2.75, 3.05) is 5.32 Å². The Bertz CT molecular complexity index is 277. The Morgan fingerprint density at radius 1 is 1.33 bits per heavy atom. The molecule has 2 nitrogen and oxygen atoms in total. The van der Waals surface area contributed by atoms with Crippen LogP contribution in [0.1, 0.15) is 6.92 Å². The fourth-order valence-corrected chi connectivity index (χ4v) is 0.766. The van der Waals surface area contributed by atoms with E-state index in [0.717, 1.165) is 12.0 Å². The van der Waals surface area contributed by atoms with Crippen molar-refractivity contribution < 1.29 is 4.79 Å². The molecule has 0 aliphatic carbocycles. The average molecular weight is 161 g/mol. The lowest BCUT2D eigenvalue weighted by Crippen LogP contribution is -1.89. The van der Waals surface area contributed by atoms with Gasteiger partial charge in [-0.05, 0) is 19.1 Å². The van der Waals surface area contributed by atoms with Crippen LogP contribution in [0.3, 0.4) is 0 Å². The van der Waals surface area contributed by atoms with Gasteiger partial charge in [-0.3, -0.25) is 4.79 Å². The largest absolute Gasteiger partial charge is 0.361 e. The fraction of sp³-hybridized carbons (Fsp3) is 0.100. The Hall–Kier alpha value is -1.57. The predicted octanol–water partition coefficient (Wildman–Crippen LogP) is 2.20. The van der Waals surface area contributed by atoms with E-state index in [1.54, 1.807) is 13.1 Å². The van der Waals surface area contributed by atoms with E-state index in [4.69, 9.17) is 0 Å². The molecule has 0 saturated heterocycles. The molecule has 0 bridgehead atoms. The lowest BCUT2D eigenvalue weighted by atomic mass is 10.3. The smallest absolute Gasteiger partial charge is 0.147 e. The molecule has 1 aromatic rings. The molecule has 0 aliphatic rings. The van der Waals surface area contributed by atoms with Crippen molar-refractivity contribution in [3.05, 3.63) is 42.1 Å². The second-order valence-corrected chi connectivity index (χ2v) is 2.52. The highest BCUT2D eigenvalue weighted by Crippen LogP contribution is 2.04. The number of hydrogen-bond donors (Lipinski definition) is 1. The third kappa shape index (κ3) is 2.58. The molecule has 0 aliphatic heterocycles. The zero-order valence-electron chi connectivity index (χ0n) is 6.95. The molecule has 0 aromatic heterocycles. The Kier molecular flexibility index (Phi) is 3.08. The molecule has 1 aromatic carbocycles. The van der Waals surface area contributed by atoms with Gasteiger partial charge in [0.05, 0.1) is 0 Å². The van der Waals surface area contributed by atoms with Crippen molar-refractivity contribution >= 4 is 12.0 Å². The van der Waals surface area contributed by atoms with Crippen LogP contribution in [0.4, 0.5) is 5.69 Å². The molecule has 1 rings (SSSR count). The topological polar surface area (TPSA) is 29.1 Å². The molecule has 12 heavy (non-hydrogen) atoms. The van der Waals surface area contributed by atoms with Gasteiger partial charge in [-0.2, -0.15) is 0 Å². The van der Waals surface area contributed by atoms with Crippen LogP contribution in [0.5, 0.6) is 0 Å². The Balaban J connectivity index is 2.60. The van der Waals surface area contributed by atoms with Gasteiger partial charge in [-0.25, -0.2) is 0 Å². The zero-order valence-corrected chi connectivity index (χ0v) is 6.95. The van der Waals surface area contributed by atoms with Crippen molar-refractivity contribution in [2.45, 2.75) is 6.92 Å². The molecule has 0 saturated carbocycles. The van der Waals surface area contributed by atoms with E-state index in [9.17, 15) is 4.79 Å². The summed E-state index contributed by atoms with van der Waals surface area (Å²) in [7, 11) is 0. The number of nitrogens with one attached hydrogen (secondary N) is 1. The number of aldehydes is 1. The summed E-state index contributed by atoms with van der Waals surface area (Å²) in [6, 6.07) is 9.70. The second kappa shape index (κ2) is 4.34. The quantitative estimate of drug-likeness (QED) is 0.544. The van der Waals surface area contributed by atoms with E-state index in [-0.39, 0.29) is 0 Å². The maximum Gasteiger partial charge on any atom is 0.147 e. The highest BCUT2D eigenvalue weighted by Gasteiger charge is 1.85. The van der Waals surface area contributed by atoms with Gasteiger partial charge in [0.15, 0.2) is 0 Å². The minimum Gasteiger partial charge on any atom is -0.361 e. The van der Waals surface area contributed by atoms with Crippen LogP contribution in [0.2, 0.25) is 0 Å². The van der Waals surface area contributed by atoms with Crippen LogP contribution in [-0.2, 0) is 4.79 Å². The number of carbonyl (C=O) groups excluding carboxylic acids is 1. The third-order valence-electron chi connectivity index (χ3n) is 1.43. The van der Waals surface area contributed by atoms with Crippen LogP contribution in [0.15, 0.2) is 42.1 Å². The minimum atomic E-state index is 0.679. The van der Waals surface area contributed by atoms with E-state index in [1.807, 2.05) is 30.3 Å². The van der Waals surface area contributed by atoms with E-state index in [1.165, 1.54) is 0 Å². The first-order chi connectivity index (χ1) is 5.83. The molecular weight excluding hydrogens is 150 g/mol. The molecule has 0 spiro atoms. The Morgan fingerprint density at radius 2 is 2.00 bits per heavy atom. The Labute approximate surface area is 71.9 Å². The summed E-state index contributed by atoms with van der Waals surface area (Å²) in [4.78, 5) is 10.2. The average Bonchev–Trinajstić information content (AvgIpc) is 2.16. The van der Waals surface area contributed by atoms with Gasteiger partial charge < -0.3 is 5.32 Å². The van der Waals surface area contributed by atoms with Crippen molar-refractivity contribution in [3.8, 4) is 0 Å². The first kappa shape index (κ1) is 8.53. The van der Waals surface area contributed by atoms with Crippen molar-refractivity contribution in [1.29, 1.82) is 0 Å². The molecule has 0 unspecified atom stereocenters. The summed E-state index contributed by atoms with van der Waals surface area (Å²) in [5.74, 6) is 0. The van der Waals surface area contributed by atoms with Crippen LogP contribution in [-0.4, -0.2) is 6.29 Å². The maximum atomic E-state index is 10.2. The number of allylic oxidation sites excluding steroid dienone is 1. The minimum absolute atomic E-state index is 0.679. The molecule has 0 heterocycles. The highest BCUT2D eigenvalue weighted by molar-refractivity contribution is 5.73. The van der Waals surface area contributed by atoms with E-state index >= 15 is 0 Å². The van der Waals surface area contributed by atoms with Crippen molar-refractivity contribution in [1.82, 2.24) is 0 Å². The second-order valence-electron chi connectivity index (χ2n) is 2.52. The van der Waals surface area contributed by atoms with Crippen molar-refractivity contribution in [2.24, 2.45) is 0 Å². The standard InChI is InChI=1S/C10H11NO/c1-9(8-12)7-11-10-5-3-2-4-6-10/h2-8,11H,1H3/b9-7+. The number of hydrogen-bond acceptors (Lipinski definition) is 2. The molecule has 0 fully saturated rings. The van der Waals surface area contributed by atoms with Gasteiger partial charge in [0.2, 0.25) is 0 Å². The number of benzene rings is 1. The van der Waals surface area contributed by atoms with Crippen molar-refractivity contribution in [3.63, 3.8) is 0 Å². The summed E-state index contributed by atoms with van der Waals surface area (Å²) in [5, 5.41) is 3.00. The predicted molar refractivity (Wildman–Crippen MR) is 49.9 cm³/mol. The van der Waals surface area contributed by atoms with Gasteiger partial charge in [0.25, 0.3) is 0 Å². The maximum absolute atomic E-state index is 10.2. The normalized spacial score (nSPS) is 10.9. The molecular formula is C10H11NO. The Morgan fingerprint density at radius 3 is 2.58 bits per heavy atom. The SMILES string of the molecule is C/C(C=O)=C\Nc1ccccc1. The first-order valence-electron chi connectivity index (χ1n) is 3.76. The molecule has 0 radical (unpaired) electrons. The summed E-state index contributed by atoms with van der Waals surface area (Å²) >= 11 is 0. The van der Waals surface area contributed by atoms with Crippen LogP contribution >= 0.6 is 0 Å². The summed E-state index contributed by atoms with van der Waals surface area (Å²) in [6.07, 6.45) is 2.50. The monoisotopic (exact) mass is 161 g/mol. The number of carbonyl (C=O) groups is 1. The summed E-state index contributed by atoms with van der Waals surface area (Å²) in [5.41, 5.74) is 1.66. The molecule has 1 N–H and O–H groups in total. The molecule has 62 valence electrons. The summed E-state index contributed by atoms with van der Waals surface area (Å²) in [6.45, 7) is 1.75. The lowest BCUT2D eigenvalue weighted by molar-refractivity contribution is -0.104. The number of para-hydroxylation sites is 1. The number of anilines is 1. The van der Waals surface area contributed by atoms with Crippen LogP contribution in [0, 0.1) is 0 Å². The third-order valence-corrected chi connectivity index (χ3v) is 1.43. The lowest BCUT2D eigenvalue weighted by Gasteiger charge is -1.98.